The van der Waals surface area contributed by atoms with Crippen LogP contribution in [0.5, 0.6) is 0 Å². The van der Waals surface area contributed by atoms with Gasteiger partial charge in [-0.3, -0.25) is 0 Å². The van der Waals surface area contributed by atoms with Crippen molar-refractivity contribution in [2.45, 2.75) is 13.8 Å². The van der Waals surface area contributed by atoms with Crippen LogP contribution in [0.2, 0.25) is 0 Å². The highest BCUT2D eigenvalue weighted by Crippen LogP contribution is 2.26. The third-order valence-corrected chi connectivity index (χ3v) is 3.59. The SMILES string of the molecule is Cc1cccc(-c2coc(=O)n2-c2ccccc2)c1C. The first-order chi connectivity index (χ1) is 9.68. The summed E-state index contributed by atoms with van der Waals surface area (Å²) in [7, 11) is 0. The van der Waals surface area contributed by atoms with Gasteiger partial charge in [-0.25, -0.2) is 9.36 Å². The summed E-state index contributed by atoms with van der Waals surface area (Å²) in [4.78, 5) is 12.0. The maximum atomic E-state index is 12.0. The van der Waals surface area contributed by atoms with E-state index in [1.165, 1.54) is 11.8 Å². The Labute approximate surface area is 117 Å². The molecule has 0 bridgehead atoms. The summed E-state index contributed by atoms with van der Waals surface area (Å²) in [5, 5.41) is 0. The predicted octanol–water partition coefficient (Wildman–Crippen LogP) is 3.71. The standard InChI is InChI=1S/C17H15NO2/c1-12-7-6-10-15(13(12)2)16-11-20-17(19)18(16)14-8-4-3-5-9-14/h3-11H,1-2H3. The van der Waals surface area contributed by atoms with E-state index in [4.69, 9.17) is 4.42 Å². The molecular weight excluding hydrogens is 250 g/mol. The molecule has 1 heterocycles. The lowest BCUT2D eigenvalue weighted by atomic mass is 10.0. The number of benzene rings is 2. The molecule has 0 radical (unpaired) electrons. The van der Waals surface area contributed by atoms with Crippen molar-refractivity contribution < 1.29 is 4.42 Å². The van der Waals surface area contributed by atoms with Gasteiger partial charge in [0.15, 0.2) is 0 Å². The molecule has 0 atom stereocenters. The molecule has 0 fully saturated rings. The number of aromatic nitrogens is 1. The molecule has 0 spiro atoms. The minimum atomic E-state index is -0.368. The van der Waals surface area contributed by atoms with E-state index in [9.17, 15) is 4.79 Å². The van der Waals surface area contributed by atoms with Crippen LogP contribution in [0.3, 0.4) is 0 Å². The molecule has 0 amide bonds. The zero-order valence-corrected chi connectivity index (χ0v) is 11.5. The predicted molar refractivity (Wildman–Crippen MR) is 79.2 cm³/mol. The lowest BCUT2D eigenvalue weighted by molar-refractivity contribution is 0.504. The summed E-state index contributed by atoms with van der Waals surface area (Å²) in [6.45, 7) is 4.11. The van der Waals surface area contributed by atoms with Gasteiger partial charge < -0.3 is 4.42 Å². The molecule has 2 aromatic carbocycles. The van der Waals surface area contributed by atoms with Crippen molar-refractivity contribution in [2.75, 3.05) is 0 Å². The summed E-state index contributed by atoms with van der Waals surface area (Å²) < 4.78 is 6.71. The fraction of sp³-hybridized carbons (Fsp3) is 0.118. The maximum Gasteiger partial charge on any atom is 0.424 e. The first-order valence-corrected chi connectivity index (χ1v) is 6.51. The van der Waals surface area contributed by atoms with Crippen LogP contribution in [-0.4, -0.2) is 4.57 Å². The van der Waals surface area contributed by atoms with Crippen LogP contribution < -0.4 is 5.76 Å². The number of hydrogen-bond donors (Lipinski definition) is 0. The summed E-state index contributed by atoms with van der Waals surface area (Å²) in [5.41, 5.74) is 4.94. The van der Waals surface area contributed by atoms with Crippen molar-refractivity contribution >= 4 is 0 Å². The van der Waals surface area contributed by atoms with E-state index in [0.717, 1.165) is 22.5 Å². The molecule has 0 aliphatic heterocycles. The Morgan fingerprint density at radius 1 is 0.950 bits per heavy atom. The topological polar surface area (TPSA) is 35.1 Å². The molecule has 100 valence electrons. The normalized spacial score (nSPS) is 10.7. The number of aryl methyl sites for hydroxylation is 1. The van der Waals surface area contributed by atoms with Gasteiger partial charge in [-0.1, -0.05) is 36.4 Å². The molecule has 0 saturated carbocycles. The number of rotatable bonds is 2. The van der Waals surface area contributed by atoms with Gasteiger partial charge >= 0.3 is 5.76 Å². The van der Waals surface area contributed by atoms with Crippen molar-refractivity contribution in [2.24, 2.45) is 0 Å². The van der Waals surface area contributed by atoms with Crippen molar-refractivity contribution in [1.29, 1.82) is 0 Å². The molecule has 3 nitrogen and oxygen atoms in total. The van der Waals surface area contributed by atoms with Crippen molar-refractivity contribution in [3.63, 3.8) is 0 Å². The third kappa shape index (κ3) is 1.97. The van der Waals surface area contributed by atoms with E-state index in [2.05, 4.69) is 19.9 Å². The number of nitrogens with zero attached hydrogens (tertiary/aromatic N) is 1. The van der Waals surface area contributed by atoms with Crippen LogP contribution in [0, 0.1) is 13.8 Å². The lowest BCUT2D eigenvalue weighted by Gasteiger charge is -2.10. The van der Waals surface area contributed by atoms with E-state index in [1.54, 1.807) is 4.57 Å². The van der Waals surface area contributed by atoms with Gasteiger partial charge in [0.2, 0.25) is 0 Å². The quantitative estimate of drug-likeness (QED) is 0.708. The third-order valence-electron chi connectivity index (χ3n) is 3.59. The van der Waals surface area contributed by atoms with E-state index in [0.29, 0.717) is 0 Å². The van der Waals surface area contributed by atoms with Crippen LogP contribution in [0.25, 0.3) is 16.9 Å². The number of hydrogen-bond acceptors (Lipinski definition) is 2. The highest BCUT2D eigenvalue weighted by molar-refractivity contribution is 5.66. The fourth-order valence-electron chi connectivity index (χ4n) is 2.34. The molecular formula is C17H15NO2. The van der Waals surface area contributed by atoms with Crippen LogP contribution in [0.15, 0.2) is 64.0 Å². The summed E-state index contributed by atoms with van der Waals surface area (Å²) in [6.07, 6.45) is 1.52. The van der Waals surface area contributed by atoms with Gasteiger partial charge in [0.25, 0.3) is 0 Å². The largest absolute Gasteiger partial charge is 0.424 e. The summed E-state index contributed by atoms with van der Waals surface area (Å²) >= 11 is 0. The number of oxazole rings is 1. The molecule has 3 rings (SSSR count). The second-order valence-electron chi connectivity index (χ2n) is 4.81. The second kappa shape index (κ2) is 4.85. The van der Waals surface area contributed by atoms with Crippen molar-refractivity contribution in [3.8, 4) is 16.9 Å². The van der Waals surface area contributed by atoms with Gasteiger partial charge in [-0.15, -0.1) is 0 Å². The highest BCUT2D eigenvalue weighted by atomic mass is 16.4. The smallest absolute Gasteiger partial charge is 0.415 e. The number of para-hydroxylation sites is 1. The van der Waals surface area contributed by atoms with E-state index in [1.807, 2.05) is 42.5 Å². The van der Waals surface area contributed by atoms with Gasteiger partial charge in [0, 0.05) is 5.56 Å². The van der Waals surface area contributed by atoms with E-state index >= 15 is 0 Å². The lowest BCUT2D eigenvalue weighted by Crippen LogP contribution is -2.13. The molecule has 3 heteroatoms. The molecule has 1 aromatic heterocycles. The Kier molecular flexibility index (Phi) is 3.03. The molecule has 0 unspecified atom stereocenters. The Bertz CT molecular complexity index is 797. The van der Waals surface area contributed by atoms with Crippen LogP contribution in [0.4, 0.5) is 0 Å². The minimum Gasteiger partial charge on any atom is -0.415 e. The van der Waals surface area contributed by atoms with E-state index < -0.39 is 0 Å². The molecule has 3 aromatic rings. The van der Waals surface area contributed by atoms with Crippen molar-refractivity contribution in [1.82, 2.24) is 4.57 Å². The minimum absolute atomic E-state index is 0.368. The van der Waals surface area contributed by atoms with Crippen LogP contribution in [-0.2, 0) is 0 Å². The monoisotopic (exact) mass is 265 g/mol. The molecule has 0 saturated heterocycles. The van der Waals surface area contributed by atoms with Crippen LogP contribution >= 0.6 is 0 Å². The van der Waals surface area contributed by atoms with Gasteiger partial charge in [-0.05, 0) is 37.1 Å². The second-order valence-corrected chi connectivity index (χ2v) is 4.81. The van der Waals surface area contributed by atoms with E-state index in [-0.39, 0.29) is 5.76 Å². The van der Waals surface area contributed by atoms with Gasteiger partial charge in [0.05, 0.1) is 11.4 Å². The molecule has 0 aliphatic carbocycles. The maximum absolute atomic E-state index is 12.0. The molecule has 20 heavy (non-hydrogen) atoms. The Morgan fingerprint density at radius 2 is 1.70 bits per heavy atom. The zero-order chi connectivity index (χ0) is 14.1. The van der Waals surface area contributed by atoms with Gasteiger partial charge in [0.1, 0.15) is 6.26 Å². The van der Waals surface area contributed by atoms with Crippen LogP contribution in [0.1, 0.15) is 11.1 Å². The average Bonchev–Trinajstić information content (AvgIpc) is 2.84. The Morgan fingerprint density at radius 3 is 2.45 bits per heavy atom. The Balaban J connectivity index is 2.27. The van der Waals surface area contributed by atoms with Gasteiger partial charge in [-0.2, -0.15) is 0 Å². The fourth-order valence-corrected chi connectivity index (χ4v) is 2.34. The highest BCUT2D eigenvalue weighted by Gasteiger charge is 2.14. The summed E-state index contributed by atoms with van der Waals surface area (Å²) in [5.74, 6) is -0.368. The average molecular weight is 265 g/mol. The summed E-state index contributed by atoms with van der Waals surface area (Å²) in [6, 6.07) is 15.6. The molecule has 0 aliphatic rings. The zero-order valence-electron chi connectivity index (χ0n) is 11.5. The van der Waals surface area contributed by atoms with Crippen molar-refractivity contribution in [3.05, 3.63) is 76.5 Å². The molecule has 0 N–H and O–H groups in total. The first kappa shape index (κ1) is 12.5. The Hall–Kier alpha value is -2.55. The first-order valence-electron chi connectivity index (χ1n) is 6.51.